The van der Waals surface area contributed by atoms with Crippen LogP contribution in [0.25, 0.3) is 0 Å². The largest absolute Gasteiger partial charge is 0.394 e. The Morgan fingerprint density at radius 1 is 1.18 bits per heavy atom. The lowest BCUT2D eigenvalue weighted by Crippen LogP contribution is -2.53. The zero-order valence-electron chi connectivity index (χ0n) is 5.92. The molecule has 0 amide bonds. The summed E-state index contributed by atoms with van der Waals surface area (Å²) in [7, 11) is 0. The van der Waals surface area contributed by atoms with Gasteiger partial charge in [0.15, 0.2) is 0 Å². The van der Waals surface area contributed by atoms with Crippen LogP contribution in [0.4, 0.5) is 0 Å². The summed E-state index contributed by atoms with van der Waals surface area (Å²) in [5.41, 5.74) is 0. The second-order valence-corrected chi connectivity index (χ2v) is 2.60. The standard InChI is InChI=1S/C6H12O5/c7-1-4-6(10)5(9)3(8)2-11-4/h3-10H,1-2H2/t3-,4?,5-,6?/m1/s1. The Balaban J connectivity index is 2.52. The lowest BCUT2D eigenvalue weighted by Gasteiger charge is -2.34. The topological polar surface area (TPSA) is 90.2 Å². The molecule has 5 nitrogen and oxygen atoms in total. The van der Waals surface area contributed by atoms with Crippen LogP contribution in [-0.2, 0) is 4.74 Å². The molecule has 1 saturated heterocycles. The average molecular weight is 164 g/mol. The second-order valence-electron chi connectivity index (χ2n) is 2.60. The minimum atomic E-state index is -1.22. The van der Waals surface area contributed by atoms with Crippen LogP contribution in [-0.4, -0.2) is 58.1 Å². The molecule has 0 aromatic rings. The normalized spacial score (nSPS) is 45.8. The van der Waals surface area contributed by atoms with Crippen LogP contribution in [0.1, 0.15) is 0 Å². The van der Waals surface area contributed by atoms with Gasteiger partial charge in [-0.25, -0.2) is 0 Å². The number of aliphatic hydroxyl groups is 4. The van der Waals surface area contributed by atoms with Crippen molar-refractivity contribution in [3.8, 4) is 0 Å². The lowest BCUT2D eigenvalue weighted by molar-refractivity contribution is -0.195. The van der Waals surface area contributed by atoms with E-state index in [4.69, 9.17) is 25.2 Å². The molecule has 0 aliphatic carbocycles. The fraction of sp³-hybridized carbons (Fsp3) is 1.00. The van der Waals surface area contributed by atoms with Crippen molar-refractivity contribution in [1.82, 2.24) is 0 Å². The van der Waals surface area contributed by atoms with E-state index in [2.05, 4.69) is 0 Å². The minimum absolute atomic E-state index is 0.0521. The monoisotopic (exact) mass is 164 g/mol. The third-order valence-electron chi connectivity index (χ3n) is 1.79. The van der Waals surface area contributed by atoms with E-state index in [1.165, 1.54) is 0 Å². The van der Waals surface area contributed by atoms with Crippen LogP contribution in [0.3, 0.4) is 0 Å². The molecular formula is C6H12O5. The zero-order chi connectivity index (χ0) is 8.43. The summed E-state index contributed by atoms with van der Waals surface area (Å²) in [4.78, 5) is 0. The third-order valence-corrected chi connectivity index (χ3v) is 1.79. The molecule has 2 unspecified atom stereocenters. The lowest BCUT2D eigenvalue weighted by atomic mass is 10.0. The highest BCUT2D eigenvalue weighted by Crippen LogP contribution is 2.14. The molecule has 5 heteroatoms. The van der Waals surface area contributed by atoms with Crippen molar-refractivity contribution in [2.45, 2.75) is 24.4 Å². The molecule has 0 radical (unpaired) electrons. The van der Waals surface area contributed by atoms with Gasteiger partial charge in [0.05, 0.1) is 13.2 Å². The number of hydrogen-bond acceptors (Lipinski definition) is 5. The van der Waals surface area contributed by atoms with Crippen LogP contribution >= 0.6 is 0 Å². The summed E-state index contributed by atoms with van der Waals surface area (Å²) in [6.07, 6.45) is -4.27. The smallest absolute Gasteiger partial charge is 0.111 e. The molecule has 0 aromatic carbocycles. The number of aliphatic hydroxyl groups excluding tert-OH is 4. The van der Waals surface area contributed by atoms with E-state index in [0.29, 0.717) is 0 Å². The van der Waals surface area contributed by atoms with Gasteiger partial charge in [-0.3, -0.25) is 0 Å². The molecule has 1 aliphatic rings. The van der Waals surface area contributed by atoms with Crippen LogP contribution in [0.2, 0.25) is 0 Å². The number of rotatable bonds is 1. The molecule has 0 spiro atoms. The van der Waals surface area contributed by atoms with Gasteiger partial charge in [0.25, 0.3) is 0 Å². The Morgan fingerprint density at radius 2 is 1.82 bits per heavy atom. The highest BCUT2D eigenvalue weighted by atomic mass is 16.5. The molecule has 0 saturated carbocycles. The Bertz CT molecular complexity index is 126. The predicted octanol–water partition coefficient (Wildman–Crippen LogP) is -2.54. The second kappa shape index (κ2) is 3.46. The van der Waals surface area contributed by atoms with Crippen molar-refractivity contribution in [3.63, 3.8) is 0 Å². The molecule has 66 valence electrons. The first-order chi connectivity index (χ1) is 5.16. The van der Waals surface area contributed by atoms with Gasteiger partial charge in [0, 0.05) is 0 Å². The van der Waals surface area contributed by atoms with Crippen molar-refractivity contribution in [2.75, 3.05) is 13.2 Å². The van der Waals surface area contributed by atoms with E-state index in [0.717, 1.165) is 0 Å². The Labute approximate surface area is 63.8 Å². The van der Waals surface area contributed by atoms with Gasteiger partial charge >= 0.3 is 0 Å². The van der Waals surface area contributed by atoms with Crippen LogP contribution in [0.5, 0.6) is 0 Å². The summed E-state index contributed by atoms with van der Waals surface area (Å²) < 4.78 is 4.81. The van der Waals surface area contributed by atoms with Gasteiger partial charge in [-0.15, -0.1) is 0 Å². The molecule has 0 bridgehead atoms. The van der Waals surface area contributed by atoms with Crippen molar-refractivity contribution in [2.24, 2.45) is 0 Å². The molecule has 4 N–H and O–H groups in total. The maximum Gasteiger partial charge on any atom is 0.111 e. The fourth-order valence-corrected chi connectivity index (χ4v) is 1.03. The molecule has 1 aliphatic heterocycles. The first-order valence-corrected chi connectivity index (χ1v) is 3.43. The molecule has 0 aromatic heterocycles. The van der Waals surface area contributed by atoms with Gasteiger partial charge in [-0.2, -0.15) is 0 Å². The first-order valence-electron chi connectivity index (χ1n) is 3.43. The van der Waals surface area contributed by atoms with E-state index >= 15 is 0 Å². The zero-order valence-corrected chi connectivity index (χ0v) is 5.92. The summed E-state index contributed by atoms with van der Waals surface area (Å²) in [6.45, 7) is -0.408. The van der Waals surface area contributed by atoms with Crippen molar-refractivity contribution in [1.29, 1.82) is 0 Å². The van der Waals surface area contributed by atoms with E-state index in [-0.39, 0.29) is 13.2 Å². The minimum Gasteiger partial charge on any atom is -0.394 e. The quantitative estimate of drug-likeness (QED) is 0.343. The van der Waals surface area contributed by atoms with E-state index in [1.807, 2.05) is 0 Å². The van der Waals surface area contributed by atoms with Crippen molar-refractivity contribution < 1.29 is 25.2 Å². The molecule has 11 heavy (non-hydrogen) atoms. The van der Waals surface area contributed by atoms with Gasteiger partial charge in [-0.05, 0) is 0 Å². The summed E-state index contributed by atoms with van der Waals surface area (Å²) in [5, 5.41) is 35.7. The van der Waals surface area contributed by atoms with Crippen LogP contribution in [0, 0.1) is 0 Å². The van der Waals surface area contributed by atoms with E-state index < -0.39 is 24.4 Å². The van der Waals surface area contributed by atoms with Gasteiger partial charge in [0.2, 0.25) is 0 Å². The predicted molar refractivity (Wildman–Crippen MR) is 34.8 cm³/mol. The first kappa shape index (κ1) is 8.89. The maximum absolute atomic E-state index is 9.11. The van der Waals surface area contributed by atoms with E-state index in [9.17, 15) is 0 Å². The number of hydrogen-bond donors (Lipinski definition) is 4. The van der Waals surface area contributed by atoms with Crippen molar-refractivity contribution in [3.05, 3.63) is 0 Å². The van der Waals surface area contributed by atoms with Gasteiger partial charge in [0.1, 0.15) is 24.4 Å². The fourth-order valence-electron chi connectivity index (χ4n) is 1.03. The maximum atomic E-state index is 9.11. The van der Waals surface area contributed by atoms with E-state index in [1.54, 1.807) is 0 Å². The SMILES string of the molecule is OCC1OC[C@@H](O)[C@@H](O)C1O. The highest BCUT2D eigenvalue weighted by molar-refractivity contribution is 4.85. The van der Waals surface area contributed by atoms with Gasteiger partial charge < -0.3 is 25.2 Å². The molecule has 1 heterocycles. The highest BCUT2D eigenvalue weighted by Gasteiger charge is 2.36. The Kier molecular flexibility index (Phi) is 2.80. The van der Waals surface area contributed by atoms with Crippen LogP contribution in [0.15, 0.2) is 0 Å². The summed E-state index contributed by atoms with van der Waals surface area (Å²) in [5.74, 6) is 0. The molecular weight excluding hydrogens is 152 g/mol. The summed E-state index contributed by atoms with van der Waals surface area (Å²) >= 11 is 0. The molecule has 1 rings (SSSR count). The van der Waals surface area contributed by atoms with Gasteiger partial charge in [-0.1, -0.05) is 0 Å². The third kappa shape index (κ3) is 1.69. The molecule has 1 fully saturated rings. The van der Waals surface area contributed by atoms with Crippen molar-refractivity contribution >= 4 is 0 Å². The number of ether oxygens (including phenoxy) is 1. The van der Waals surface area contributed by atoms with Crippen LogP contribution < -0.4 is 0 Å². The molecule has 4 atom stereocenters. The Morgan fingerprint density at radius 3 is 2.36 bits per heavy atom. The average Bonchev–Trinajstić information content (AvgIpc) is 2.01. The summed E-state index contributed by atoms with van der Waals surface area (Å²) in [6, 6.07) is 0. The Hall–Kier alpha value is -0.200.